The molecule has 0 saturated carbocycles. The van der Waals surface area contributed by atoms with Crippen LogP contribution in [0.3, 0.4) is 0 Å². The van der Waals surface area contributed by atoms with Crippen molar-refractivity contribution in [3.8, 4) is 17.2 Å². The van der Waals surface area contributed by atoms with Gasteiger partial charge in [0.25, 0.3) is 5.89 Å². The Labute approximate surface area is 159 Å². The number of esters is 1. The van der Waals surface area contributed by atoms with E-state index in [9.17, 15) is 9.18 Å². The van der Waals surface area contributed by atoms with Crippen molar-refractivity contribution in [2.75, 3.05) is 7.11 Å². The second-order valence-electron chi connectivity index (χ2n) is 5.68. The predicted octanol–water partition coefficient (Wildman–Crippen LogP) is 4.38. The van der Waals surface area contributed by atoms with E-state index in [2.05, 4.69) is 10.2 Å². The molecule has 8 heteroatoms. The monoisotopic (exact) mass is 390 g/mol. The van der Waals surface area contributed by atoms with Crippen LogP contribution in [-0.2, 0) is 16.0 Å². The highest BCUT2D eigenvalue weighted by Crippen LogP contribution is 2.25. The van der Waals surface area contributed by atoms with Crippen LogP contribution < -0.4 is 4.74 Å². The SMILES string of the molecule is COc1ccc(-c2nnc([C@H](C)OC(=O)Cc3c(F)cccc3Cl)o2)cc1. The van der Waals surface area contributed by atoms with Gasteiger partial charge in [0.15, 0.2) is 6.10 Å². The van der Waals surface area contributed by atoms with Crippen LogP contribution in [0.25, 0.3) is 11.5 Å². The van der Waals surface area contributed by atoms with E-state index >= 15 is 0 Å². The maximum Gasteiger partial charge on any atom is 0.311 e. The van der Waals surface area contributed by atoms with Crippen LogP contribution in [-0.4, -0.2) is 23.3 Å². The zero-order valence-electron chi connectivity index (χ0n) is 14.6. The molecule has 0 aliphatic rings. The first-order valence-electron chi connectivity index (χ1n) is 8.08. The molecule has 0 N–H and O–H groups in total. The summed E-state index contributed by atoms with van der Waals surface area (Å²) in [5.41, 5.74) is 0.784. The minimum atomic E-state index is -0.789. The zero-order valence-corrected chi connectivity index (χ0v) is 15.4. The van der Waals surface area contributed by atoms with Gasteiger partial charge in [0.2, 0.25) is 5.89 Å². The van der Waals surface area contributed by atoms with Gasteiger partial charge in [-0.3, -0.25) is 4.79 Å². The minimum Gasteiger partial charge on any atom is -0.497 e. The van der Waals surface area contributed by atoms with Gasteiger partial charge in [0, 0.05) is 16.1 Å². The van der Waals surface area contributed by atoms with E-state index in [4.69, 9.17) is 25.5 Å². The van der Waals surface area contributed by atoms with Crippen LogP contribution in [0.15, 0.2) is 46.9 Å². The fraction of sp³-hybridized carbons (Fsp3) is 0.211. The van der Waals surface area contributed by atoms with E-state index in [-0.39, 0.29) is 28.8 Å². The lowest BCUT2D eigenvalue weighted by Gasteiger charge is -2.10. The third kappa shape index (κ3) is 4.43. The molecule has 0 saturated heterocycles. The summed E-state index contributed by atoms with van der Waals surface area (Å²) in [7, 11) is 1.57. The van der Waals surface area contributed by atoms with Crippen molar-refractivity contribution < 1.29 is 23.1 Å². The Bertz CT molecular complexity index is 923. The van der Waals surface area contributed by atoms with E-state index in [1.807, 2.05) is 0 Å². The van der Waals surface area contributed by atoms with Crippen molar-refractivity contribution in [1.82, 2.24) is 10.2 Å². The molecule has 0 radical (unpaired) electrons. The molecule has 3 rings (SSSR count). The standard InChI is InChI=1S/C19H16ClFN2O4/c1-11(26-17(24)10-14-15(20)4-3-5-16(14)21)18-22-23-19(27-18)12-6-8-13(25-2)9-7-12/h3-9,11H,10H2,1-2H3/t11-/m0/s1. The number of ether oxygens (including phenoxy) is 2. The third-order valence-electron chi connectivity index (χ3n) is 3.82. The molecule has 1 aromatic heterocycles. The summed E-state index contributed by atoms with van der Waals surface area (Å²) in [5, 5.41) is 8.02. The van der Waals surface area contributed by atoms with E-state index < -0.39 is 17.9 Å². The highest BCUT2D eigenvalue weighted by atomic mass is 35.5. The van der Waals surface area contributed by atoms with Crippen LogP contribution in [0.1, 0.15) is 24.5 Å². The molecule has 6 nitrogen and oxygen atoms in total. The fourth-order valence-corrected chi connectivity index (χ4v) is 2.61. The summed E-state index contributed by atoms with van der Waals surface area (Å²) in [4.78, 5) is 12.1. The van der Waals surface area contributed by atoms with Gasteiger partial charge in [-0.15, -0.1) is 10.2 Å². The lowest BCUT2D eigenvalue weighted by molar-refractivity contribution is -0.148. The summed E-state index contributed by atoms with van der Waals surface area (Å²) in [6.07, 6.45) is -1.09. The molecule has 0 aliphatic heterocycles. The van der Waals surface area contributed by atoms with Gasteiger partial charge in [-0.1, -0.05) is 17.7 Å². The molecule has 0 spiro atoms. The predicted molar refractivity (Wildman–Crippen MR) is 95.9 cm³/mol. The Hall–Kier alpha value is -2.93. The van der Waals surface area contributed by atoms with Gasteiger partial charge in [-0.2, -0.15) is 0 Å². The van der Waals surface area contributed by atoms with E-state index in [1.165, 1.54) is 18.2 Å². The van der Waals surface area contributed by atoms with Crippen molar-refractivity contribution in [2.24, 2.45) is 0 Å². The van der Waals surface area contributed by atoms with Crippen molar-refractivity contribution in [3.63, 3.8) is 0 Å². The molecule has 1 heterocycles. The molecule has 0 amide bonds. The number of nitrogens with zero attached hydrogens (tertiary/aromatic N) is 2. The zero-order chi connectivity index (χ0) is 19.4. The Morgan fingerprint density at radius 3 is 2.63 bits per heavy atom. The van der Waals surface area contributed by atoms with Gasteiger partial charge in [0.1, 0.15) is 11.6 Å². The number of hydrogen-bond acceptors (Lipinski definition) is 6. The minimum absolute atomic E-state index is 0.0841. The van der Waals surface area contributed by atoms with Crippen molar-refractivity contribution in [1.29, 1.82) is 0 Å². The molecule has 2 aromatic carbocycles. The molecule has 0 bridgehead atoms. The molecular weight excluding hydrogens is 375 g/mol. The van der Waals surface area contributed by atoms with Gasteiger partial charge in [-0.25, -0.2) is 4.39 Å². The summed E-state index contributed by atoms with van der Waals surface area (Å²) in [5.74, 6) is -0.0977. The Balaban J connectivity index is 1.66. The van der Waals surface area contributed by atoms with Crippen LogP contribution >= 0.6 is 11.6 Å². The average Bonchev–Trinajstić information content (AvgIpc) is 3.15. The van der Waals surface area contributed by atoms with Gasteiger partial charge in [0.05, 0.1) is 13.5 Å². The number of carbonyl (C=O) groups excluding carboxylic acids is 1. The normalized spacial score (nSPS) is 11.9. The first-order chi connectivity index (χ1) is 13.0. The number of hydrogen-bond donors (Lipinski definition) is 0. The Kier molecular flexibility index (Phi) is 5.71. The molecular formula is C19H16ClFN2O4. The van der Waals surface area contributed by atoms with Crippen LogP contribution in [0.5, 0.6) is 5.75 Å². The summed E-state index contributed by atoms with van der Waals surface area (Å²) < 4.78 is 29.7. The van der Waals surface area contributed by atoms with Crippen molar-refractivity contribution >= 4 is 17.6 Å². The molecule has 0 fully saturated rings. The third-order valence-corrected chi connectivity index (χ3v) is 4.17. The maximum absolute atomic E-state index is 13.8. The molecule has 3 aromatic rings. The molecule has 27 heavy (non-hydrogen) atoms. The summed E-state index contributed by atoms with van der Waals surface area (Å²) >= 11 is 5.92. The average molecular weight is 391 g/mol. The Morgan fingerprint density at radius 2 is 1.96 bits per heavy atom. The number of carbonyl (C=O) groups is 1. The topological polar surface area (TPSA) is 74.5 Å². The lowest BCUT2D eigenvalue weighted by Crippen LogP contribution is -2.13. The van der Waals surface area contributed by atoms with E-state index in [0.717, 1.165) is 0 Å². The van der Waals surface area contributed by atoms with Crippen molar-refractivity contribution in [3.05, 3.63) is 64.8 Å². The molecule has 0 aliphatic carbocycles. The highest BCUT2D eigenvalue weighted by molar-refractivity contribution is 6.31. The molecule has 140 valence electrons. The van der Waals surface area contributed by atoms with Crippen LogP contribution in [0.2, 0.25) is 5.02 Å². The van der Waals surface area contributed by atoms with Gasteiger partial charge >= 0.3 is 5.97 Å². The van der Waals surface area contributed by atoms with Gasteiger partial charge in [-0.05, 0) is 43.3 Å². The number of halogens is 2. The number of methoxy groups -OCH3 is 1. The fourth-order valence-electron chi connectivity index (χ4n) is 2.38. The number of rotatable bonds is 6. The van der Waals surface area contributed by atoms with Crippen LogP contribution in [0.4, 0.5) is 4.39 Å². The second-order valence-corrected chi connectivity index (χ2v) is 6.09. The summed E-state index contributed by atoms with van der Waals surface area (Å²) in [6, 6.07) is 11.3. The number of benzene rings is 2. The first-order valence-corrected chi connectivity index (χ1v) is 8.46. The Morgan fingerprint density at radius 1 is 1.22 bits per heavy atom. The summed E-state index contributed by atoms with van der Waals surface area (Å²) in [6.45, 7) is 1.59. The quantitative estimate of drug-likeness (QED) is 0.581. The smallest absolute Gasteiger partial charge is 0.311 e. The first kappa shape index (κ1) is 18.8. The largest absolute Gasteiger partial charge is 0.497 e. The second kappa shape index (κ2) is 8.18. The molecule has 0 unspecified atom stereocenters. The lowest BCUT2D eigenvalue weighted by atomic mass is 10.1. The van der Waals surface area contributed by atoms with Crippen molar-refractivity contribution in [2.45, 2.75) is 19.4 Å². The maximum atomic E-state index is 13.8. The molecule has 1 atom stereocenters. The van der Waals surface area contributed by atoms with E-state index in [0.29, 0.717) is 11.3 Å². The van der Waals surface area contributed by atoms with Gasteiger partial charge < -0.3 is 13.9 Å². The highest BCUT2D eigenvalue weighted by Gasteiger charge is 2.21. The van der Waals surface area contributed by atoms with E-state index in [1.54, 1.807) is 38.3 Å². The van der Waals surface area contributed by atoms with Crippen LogP contribution in [0, 0.1) is 5.82 Å². The number of aromatic nitrogens is 2.